The van der Waals surface area contributed by atoms with Crippen LogP contribution in [0.4, 0.5) is 0 Å². The molecule has 6 heteroatoms. The number of aryl methyl sites for hydroxylation is 3. The molecule has 0 radical (unpaired) electrons. The third kappa shape index (κ3) is 3.88. The summed E-state index contributed by atoms with van der Waals surface area (Å²) in [7, 11) is 0. The van der Waals surface area contributed by atoms with Gasteiger partial charge in [-0.2, -0.15) is 5.10 Å². The average Bonchev–Trinajstić information content (AvgIpc) is 2.91. The third-order valence-electron chi connectivity index (χ3n) is 4.74. The Morgan fingerprint density at radius 3 is 2.36 bits per heavy atom. The Balaban J connectivity index is 1.62. The van der Waals surface area contributed by atoms with Gasteiger partial charge in [-0.05, 0) is 26.3 Å². The highest BCUT2D eigenvalue weighted by molar-refractivity contribution is 6.34. The zero-order valence-corrected chi connectivity index (χ0v) is 15.9. The number of nitrogens with zero attached hydrogens (tertiary/aromatic N) is 4. The first kappa shape index (κ1) is 18.0. The summed E-state index contributed by atoms with van der Waals surface area (Å²) in [5.41, 5.74) is 3.82. The molecule has 1 aliphatic heterocycles. The van der Waals surface area contributed by atoms with Crippen molar-refractivity contribution in [2.24, 2.45) is 0 Å². The lowest BCUT2D eigenvalue weighted by atomic mass is 10.1. The Labute approximate surface area is 154 Å². The molecule has 1 fully saturated rings. The Bertz CT molecular complexity index is 746. The lowest BCUT2D eigenvalue weighted by molar-refractivity contribution is 0.0616. The van der Waals surface area contributed by atoms with E-state index >= 15 is 0 Å². The summed E-state index contributed by atoms with van der Waals surface area (Å²) in [4.78, 5) is 17.2. The monoisotopic (exact) mass is 360 g/mol. The van der Waals surface area contributed by atoms with Crippen molar-refractivity contribution in [3.63, 3.8) is 0 Å². The highest BCUT2D eigenvalue weighted by Crippen LogP contribution is 2.22. The summed E-state index contributed by atoms with van der Waals surface area (Å²) in [6, 6.07) is 8.64. The van der Waals surface area contributed by atoms with Crippen LogP contribution in [0.3, 0.4) is 0 Å². The Morgan fingerprint density at radius 2 is 1.76 bits per heavy atom. The molecule has 1 aromatic carbocycles. The summed E-state index contributed by atoms with van der Waals surface area (Å²) in [5.74, 6) is -0.0116. The molecule has 2 aromatic rings. The molecule has 0 aliphatic carbocycles. The van der Waals surface area contributed by atoms with E-state index in [4.69, 9.17) is 11.6 Å². The van der Waals surface area contributed by atoms with Crippen LogP contribution < -0.4 is 0 Å². The van der Waals surface area contributed by atoms with Gasteiger partial charge >= 0.3 is 0 Å². The molecule has 0 spiro atoms. The summed E-state index contributed by atoms with van der Waals surface area (Å²) < 4.78 is 1.71. The molecule has 1 aliphatic rings. The van der Waals surface area contributed by atoms with Crippen LogP contribution in [0.5, 0.6) is 0 Å². The van der Waals surface area contributed by atoms with E-state index in [1.54, 1.807) is 4.68 Å². The van der Waals surface area contributed by atoms with E-state index in [9.17, 15) is 4.79 Å². The SMILES string of the molecule is CCn1nc(C)c(Cl)c1C(=O)N1CCN(Cc2ccc(C)cc2)CC1. The molecule has 2 heterocycles. The minimum atomic E-state index is -0.0116. The first-order valence-corrected chi connectivity index (χ1v) is 9.17. The fourth-order valence-electron chi connectivity index (χ4n) is 3.20. The van der Waals surface area contributed by atoms with Gasteiger partial charge in [-0.25, -0.2) is 0 Å². The number of benzene rings is 1. The fraction of sp³-hybridized carbons (Fsp3) is 0.474. The Kier molecular flexibility index (Phi) is 5.45. The molecule has 0 bridgehead atoms. The van der Waals surface area contributed by atoms with Crippen LogP contribution in [-0.2, 0) is 13.1 Å². The molecule has 134 valence electrons. The van der Waals surface area contributed by atoms with Gasteiger partial charge in [0, 0.05) is 39.3 Å². The molecule has 0 N–H and O–H groups in total. The lowest BCUT2D eigenvalue weighted by Crippen LogP contribution is -2.48. The van der Waals surface area contributed by atoms with E-state index in [0.717, 1.165) is 32.7 Å². The van der Waals surface area contributed by atoms with E-state index in [1.165, 1.54) is 11.1 Å². The zero-order chi connectivity index (χ0) is 18.0. The number of aromatic nitrogens is 2. The number of carbonyl (C=O) groups excluding carboxylic acids is 1. The van der Waals surface area contributed by atoms with Crippen molar-refractivity contribution in [2.45, 2.75) is 33.9 Å². The van der Waals surface area contributed by atoms with Gasteiger partial charge in [0.2, 0.25) is 0 Å². The highest BCUT2D eigenvalue weighted by Gasteiger charge is 2.27. The summed E-state index contributed by atoms with van der Waals surface area (Å²) in [5, 5.41) is 4.83. The number of hydrogen-bond acceptors (Lipinski definition) is 3. The normalized spacial score (nSPS) is 15.6. The van der Waals surface area contributed by atoms with Gasteiger partial charge in [-0.15, -0.1) is 0 Å². The second-order valence-electron chi connectivity index (χ2n) is 6.62. The van der Waals surface area contributed by atoms with Gasteiger partial charge < -0.3 is 4.90 Å². The maximum Gasteiger partial charge on any atom is 0.273 e. The highest BCUT2D eigenvalue weighted by atomic mass is 35.5. The number of carbonyl (C=O) groups is 1. The minimum absolute atomic E-state index is 0.0116. The Hall–Kier alpha value is -1.85. The molecule has 1 saturated heterocycles. The molecule has 5 nitrogen and oxygen atoms in total. The van der Waals surface area contributed by atoms with Crippen LogP contribution in [0, 0.1) is 13.8 Å². The van der Waals surface area contributed by atoms with Crippen LogP contribution in [0.2, 0.25) is 5.02 Å². The summed E-state index contributed by atoms with van der Waals surface area (Å²) in [6.07, 6.45) is 0. The fourth-order valence-corrected chi connectivity index (χ4v) is 3.42. The van der Waals surface area contributed by atoms with Crippen molar-refractivity contribution >= 4 is 17.5 Å². The van der Waals surface area contributed by atoms with Gasteiger partial charge in [-0.3, -0.25) is 14.4 Å². The molecular weight excluding hydrogens is 336 g/mol. The van der Waals surface area contributed by atoms with Gasteiger partial charge in [0.1, 0.15) is 5.69 Å². The smallest absolute Gasteiger partial charge is 0.273 e. The van der Waals surface area contributed by atoms with E-state index < -0.39 is 0 Å². The van der Waals surface area contributed by atoms with Crippen LogP contribution in [0.15, 0.2) is 24.3 Å². The second kappa shape index (κ2) is 7.58. The van der Waals surface area contributed by atoms with E-state index in [1.807, 2.05) is 18.7 Å². The number of halogens is 1. The van der Waals surface area contributed by atoms with Crippen molar-refractivity contribution in [1.82, 2.24) is 19.6 Å². The van der Waals surface area contributed by atoms with Crippen molar-refractivity contribution in [1.29, 1.82) is 0 Å². The predicted molar refractivity (Wildman–Crippen MR) is 100 cm³/mol. The zero-order valence-electron chi connectivity index (χ0n) is 15.1. The van der Waals surface area contributed by atoms with E-state index in [-0.39, 0.29) is 5.91 Å². The molecular formula is C19H25ClN4O. The standard InChI is InChI=1S/C19H25ClN4O/c1-4-24-18(17(20)15(3)21-24)19(25)23-11-9-22(10-12-23)13-16-7-5-14(2)6-8-16/h5-8H,4,9-13H2,1-3H3. The van der Waals surface area contributed by atoms with Crippen LogP contribution in [0.25, 0.3) is 0 Å². The number of piperazine rings is 1. The van der Waals surface area contributed by atoms with E-state index in [0.29, 0.717) is 23.0 Å². The first-order valence-electron chi connectivity index (χ1n) is 8.79. The molecule has 1 amide bonds. The van der Waals surface area contributed by atoms with Crippen molar-refractivity contribution < 1.29 is 4.79 Å². The largest absolute Gasteiger partial charge is 0.335 e. The van der Waals surface area contributed by atoms with Crippen molar-refractivity contribution in [3.05, 3.63) is 51.8 Å². The van der Waals surface area contributed by atoms with Crippen molar-refractivity contribution in [3.8, 4) is 0 Å². The quantitative estimate of drug-likeness (QED) is 0.841. The van der Waals surface area contributed by atoms with Gasteiger partial charge in [0.25, 0.3) is 5.91 Å². The Morgan fingerprint density at radius 1 is 1.12 bits per heavy atom. The number of rotatable bonds is 4. The molecule has 0 atom stereocenters. The maximum absolute atomic E-state index is 12.9. The van der Waals surface area contributed by atoms with Crippen LogP contribution >= 0.6 is 11.6 Å². The van der Waals surface area contributed by atoms with Crippen LogP contribution in [0.1, 0.15) is 34.2 Å². The van der Waals surface area contributed by atoms with Crippen molar-refractivity contribution in [2.75, 3.05) is 26.2 Å². The van der Waals surface area contributed by atoms with E-state index in [2.05, 4.69) is 41.2 Å². The van der Waals surface area contributed by atoms with Gasteiger partial charge in [0.05, 0.1) is 10.7 Å². The number of hydrogen-bond donors (Lipinski definition) is 0. The first-order chi connectivity index (χ1) is 12.0. The molecule has 3 rings (SSSR count). The number of amides is 1. The van der Waals surface area contributed by atoms with Crippen LogP contribution in [-0.4, -0.2) is 51.7 Å². The topological polar surface area (TPSA) is 41.4 Å². The maximum atomic E-state index is 12.9. The summed E-state index contributed by atoms with van der Waals surface area (Å²) in [6.45, 7) is 10.7. The minimum Gasteiger partial charge on any atom is -0.335 e. The average molecular weight is 361 g/mol. The van der Waals surface area contributed by atoms with Gasteiger partial charge in [0.15, 0.2) is 0 Å². The molecule has 0 saturated carbocycles. The van der Waals surface area contributed by atoms with Gasteiger partial charge in [-0.1, -0.05) is 41.4 Å². The summed E-state index contributed by atoms with van der Waals surface area (Å²) >= 11 is 6.31. The lowest BCUT2D eigenvalue weighted by Gasteiger charge is -2.34. The molecule has 1 aromatic heterocycles. The molecule has 0 unspecified atom stereocenters. The molecule has 25 heavy (non-hydrogen) atoms. The third-order valence-corrected chi connectivity index (χ3v) is 5.20. The predicted octanol–water partition coefficient (Wildman–Crippen LogP) is 3.13. The second-order valence-corrected chi connectivity index (χ2v) is 7.00.